The molecule has 0 spiro atoms. The third-order valence-electron chi connectivity index (χ3n) is 9.10. The van der Waals surface area contributed by atoms with Gasteiger partial charge in [0.1, 0.15) is 22.3 Å². The van der Waals surface area contributed by atoms with E-state index in [1.54, 1.807) is 31.5 Å². The van der Waals surface area contributed by atoms with E-state index in [1.165, 1.54) is 35.0 Å². The molecule has 1 fully saturated rings. The van der Waals surface area contributed by atoms with Crippen molar-refractivity contribution < 1.29 is 17.7 Å². The van der Waals surface area contributed by atoms with E-state index in [0.717, 1.165) is 65.9 Å². The smallest absolute Gasteiger partial charge is 0.227 e. The van der Waals surface area contributed by atoms with E-state index in [2.05, 4.69) is 65.6 Å². The van der Waals surface area contributed by atoms with Gasteiger partial charge in [0, 0.05) is 23.4 Å². The van der Waals surface area contributed by atoms with Gasteiger partial charge in [-0.25, -0.2) is 27.9 Å². The number of likely N-dealkylation sites (tertiary alicyclic amines) is 1. The molecule has 51 heavy (non-hydrogen) atoms. The van der Waals surface area contributed by atoms with Crippen LogP contribution in [0.15, 0.2) is 71.8 Å². The molecule has 8 nitrogen and oxygen atoms in total. The van der Waals surface area contributed by atoms with Crippen LogP contribution in [0, 0.1) is 18.6 Å². The molecular formula is C39H44F2N6O2S2. The standard InChI is InChI=1S/C39H44F2N6O2S2/c1-7-18-47-19-15-26(16-20-47)29-23-34(49-5)33(21-25(29)4)44-39-42-17-14-32(43-39)36-35(45-38(50-36)24(2)3)27-10-8-11-28(22-27)46-51(6,48)37-30(40)12-9-13-31(37)41/h8-14,17,21-24,26H,6-7,15-16,18-20H2,1-5H3,(H,46,48)(H,42,43,44). The number of thiazole rings is 1. The monoisotopic (exact) mass is 730 g/mol. The van der Waals surface area contributed by atoms with E-state index >= 15 is 0 Å². The Morgan fingerprint density at radius 2 is 1.78 bits per heavy atom. The molecule has 0 bridgehead atoms. The Morgan fingerprint density at radius 3 is 2.47 bits per heavy atom. The van der Waals surface area contributed by atoms with Gasteiger partial charge in [0.05, 0.1) is 43.8 Å². The van der Waals surface area contributed by atoms with E-state index in [-0.39, 0.29) is 5.92 Å². The van der Waals surface area contributed by atoms with Gasteiger partial charge in [0.15, 0.2) is 0 Å². The number of hydrogen-bond acceptors (Lipinski definition) is 8. The number of piperidine rings is 1. The number of halogens is 2. The van der Waals surface area contributed by atoms with Crippen molar-refractivity contribution in [1.29, 1.82) is 0 Å². The maximum Gasteiger partial charge on any atom is 0.227 e. The fourth-order valence-electron chi connectivity index (χ4n) is 6.58. The first kappa shape index (κ1) is 36.4. The van der Waals surface area contributed by atoms with Crippen molar-refractivity contribution in [3.8, 4) is 27.6 Å². The lowest BCUT2D eigenvalue weighted by atomic mass is 9.86. The summed E-state index contributed by atoms with van der Waals surface area (Å²) < 4.78 is 51.2. The second-order valence-corrected chi connectivity index (χ2v) is 16.2. The van der Waals surface area contributed by atoms with Crippen LogP contribution in [-0.4, -0.2) is 56.7 Å². The van der Waals surface area contributed by atoms with Gasteiger partial charge in [-0.2, -0.15) is 0 Å². The molecule has 268 valence electrons. The van der Waals surface area contributed by atoms with E-state index in [1.807, 2.05) is 12.1 Å². The van der Waals surface area contributed by atoms with E-state index in [9.17, 15) is 13.0 Å². The Hall–Kier alpha value is -4.39. The van der Waals surface area contributed by atoms with Crippen LogP contribution < -0.4 is 14.8 Å². The minimum atomic E-state index is -3.56. The minimum absolute atomic E-state index is 0.149. The lowest BCUT2D eigenvalue weighted by molar-refractivity contribution is 0.212. The van der Waals surface area contributed by atoms with Crippen molar-refractivity contribution in [2.24, 2.45) is 0 Å². The van der Waals surface area contributed by atoms with Gasteiger partial charge in [-0.15, -0.1) is 11.3 Å². The van der Waals surface area contributed by atoms with Gasteiger partial charge in [-0.1, -0.05) is 39.0 Å². The number of methoxy groups -OCH3 is 1. The third kappa shape index (κ3) is 8.08. The van der Waals surface area contributed by atoms with Crippen LogP contribution in [0.25, 0.3) is 21.8 Å². The lowest BCUT2D eigenvalue weighted by Gasteiger charge is -2.33. The van der Waals surface area contributed by atoms with Gasteiger partial charge < -0.3 is 19.7 Å². The normalized spacial score (nSPS) is 15.1. The molecule has 1 aliphatic heterocycles. The second kappa shape index (κ2) is 15.5. The summed E-state index contributed by atoms with van der Waals surface area (Å²) in [5.41, 5.74) is 5.75. The maximum absolute atomic E-state index is 14.5. The number of nitrogens with zero attached hydrogens (tertiary/aromatic N) is 4. The van der Waals surface area contributed by atoms with Crippen LogP contribution in [-0.2, 0) is 9.71 Å². The number of hydrogen-bond donors (Lipinski definition) is 2. The summed E-state index contributed by atoms with van der Waals surface area (Å²) in [5, 5.41) is 4.31. The SMILES string of the molecule is C=S(=O)(Nc1cccc(-c2nc(C(C)C)sc2-c2ccnc(Nc3cc(C)c(C4CCN(CCC)CC4)cc3OC)n2)c1)c1c(F)cccc1F. The fraction of sp³-hybridized carbons (Fsp3) is 0.333. The van der Waals surface area contributed by atoms with E-state index in [4.69, 9.17) is 14.7 Å². The predicted molar refractivity (Wildman–Crippen MR) is 206 cm³/mol. The van der Waals surface area contributed by atoms with Crippen molar-refractivity contribution in [1.82, 2.24) is 19.9 Å². The zero-order valence-electron chi connectivity index (χ0n) is 29.6. The number of benzene rings is 3. The first-order chi connectivity index (χ1) is 24.5. The number of nitrogens with one attached hydrogen (secondary N) is 2. The summed E-state index contributed by atoms with van der Waals surface area (Å²) in [6.45, 7) is 11.9. The molecule has 0 radical (unpaired) electrons. The second-order valence-electron chi connectivity index (χ2n) is 13.2. The van der Waals surface area contributed by atoms with Crippen LogP contribution in [0.3, 0.4) is 0 Å². The molecule has 0 amide bonds. The van der Waals surface area contributed by atoms with Crippen LogP contribution in [0.2, 0.25) is 0 Å². The lowest BCUT2D eigenvalue weighted by Crippen LogP contribution is -2.33. The van der Waals surface area contributed by atoms with Crippen molar-refractivity contribution >= 4 is 44.2 Å². The Labute approximate surface area is 303 Å². The highest BCUT2D eigenvalue weighted by molar-refractivity contribution is 8.01. The minimum Gasteiger partial charge on any atom is -0.495 e. The number of ether oxygens (including phenoxy) is 1. The summed E-state index contributed by atoms with van der Waals surface area (Å²) in [6.07, 6.45) is 5.15. The molecule has 1 atom stereocenters. The largest absolute Gasteiger partial charge is 0.495 e. The molecule has 1 unspecified atom stereocenters. The number of aryl methyl sites for hydroxylation is 1. The number of aromatic nitrogens is 3. The molecule has 6 rings (SSSR count). The van der Waals surface area contributed by atoms with E-state index < -0.39 is 26.2 Å². The number of rotatable bonds is 12. The summed E-state index contributed by atoms with van der Waals surface area (Å²) in [6, 6.07) is 16.5. The van der Waals surface area contributed by atoms with Crippen molar-refractivity contribution in [2.75, 3.05) is 36.8 Å². The van der Waals surface area contributed by atoms with Gasteiger partial charge in [0.25, 0.3) is 0 Å². The molecule has 2 N–H and O–H groups in total. The first-order valence-corrected chi connectivity index (χ1v) is 19.7. The summed E-state index contributed by atoms with van der Waals surface area (Å²) in [7, 11) is -1.88. The van der Waals surface area contributed by atoms with Gasteiger partial charge in [-0.3, -0.25) is 0 Å². The summed E-state index contributed by atoms with van der Waals surface area (Å²) in [5.74, 6) is 3.58. The van der Waals surface area contributed by atoms with Crippen molar-refractivity contribution in [3.63, 3.8) is 0 Å². The molecule has 3 aromatic carbocycles. The van der Waals surface area contributed by atoms with Gasteiger partial charge >= 0.3 is 0 Å². The predicted octanol–water partition coefficient (Wildman–Crippen LogP) is 9.42. The van der Waals surface area contributed by atoms with Crippen LogP contribution in [0.5, 0.6) is 5.75 Å². The average Bonchev–Trinajstić information content (AvgIpc) is 3.55. The maximum atomic E-state index is 14.5. The topological polar surface area (TPSA) is 92.3 Å². The fourth-order valence-corrected chi connectivity index (χ4v) is 9.02. The molecule has 5 aromatic rings. The molecule has 2 aromatic heterocycles. The molecule has 12 heteroatoms. The molecule has 1 saturated heterocycles. The highest BCUT2D eigenvalue weighted by Crippen LogP contribution is 2.41. The zero-order valence-corrected chi connectivity index (χ0v) is 31.3. The Bertz CT molecular complexity index is 2110. The molecule has 1 aliphatic rings. The highest BCUT2D eigenvalue weighted by atomic mass is 32.2. The molecule has 0 saturated carbocycles. The Kier molecular flexibility index (Phi) is 11.0. The van der Waals surface area contributed by atoms with Crippen LogP contribution in [0.4, 0.5) is 26.1 Å². The summed E-state index contributed by atoms with van der Waals surface area (Å²) in [4.78, 5) is 17.2. The molecule has 3 heterocycles. The Balaban J connectivity index is 1.29. The van der Waals surface area contributed by atoms with Crippen LogP contribution in [0.1, 0.15) is 68.0 Å². The third-order valence-corrected chi connectivity index (χ3v) is 12.1. The van der Waals surface area contributed by atoms with Crippen molar-refractivity contribution in [2.45, 2.75) is 63.7 Å². The quantitative estimate of drug-likeness (QED) is 0.124. The first-order valence-electron chi connectivity index (χ1n) is 17.2. The van der Waals surface area contributed by atoms with Gasteiger partial charge in [-0.05, 0) is 111 Å². The molecule has 0 aliphatic carbocycles. The average molecular weight is 731 g/mol. The molecular weight excluding hydrogens is 687 g/mol. The van der Waals surface area contributed by atoms with Gasteiger partial charge in [0.2, 0.25) is 5.95 Å². The summed E-state index contributed by atoms with van der Waals surface area (Å²) >= 11 is 1.54. The highest BCUT2D eigenvalue weighted by Gasteiger charge is 2.24. The zero-order chi connectivity index (χ0) is 36.3. The number of anilines is 3. The van der Waals surface area contributed by atoms with Crippen molar-refractivity contribution in [3.05, 3.63) is 94.6 Å². The van der Waals surface area contributed by atoms with E-state index in [0.29, 0.717) is 34.5 Å². The van der Waals surface area contributed by atoms with Crippen LogP contribution >= 0.6 is 11.3 Å². The Morgan fingerprint density at radius 1 is 1.06 bits per heavy atom.